The molecule has 0 unspecified atom stereocenters. The quantitative estimate of drug-likeness (QED) is 0.672. The average molecular weight is 182 g/mol. The van der Waals surface area contributed by atoms with Gasteiger partial charge in [-0.2, -0.15) is 5.10 Å². The minimum atomic E-state index is -0.458. The van der Waals surface area contributed by atoms with Crippen molar-refractivity contribution in [2.45, 2.75) is 33.3 Å². The average Bonchev–Trinajstić information content (AvgIpc) is 2.30. The fourth-order valence-electron chi connectivity index (χ4n) is 0.890. The number of ether oxygens (including phenoxy) is 1. The van der Waals surface area contributed by atoms with Crippen LogP contribution in [0.1, 0.15) is 36.8 Å². The number of nitrogens with one attached hydrogen (secondary N) is 1. The van der Waals surface area contributed by atoms with Gasteiger partial charge in [-0.1, -0.05) is 0 Å². The molecule has 0 saturated carbocycles. The minimum Gasteiger partial charge on any atom is -0.456 e. The maximum atomic E-state index is 11.5. The minimum absolute atomic E-state index is 0.334. The Morgan fingerprint density at radius 3 is 2.54 bits per heavy atom. The van der Waals surface area contributed by atoms with Crippen molar-refractivity contribution < 1.29 is 9.53 Å². The summed E-state index contributed by atoms with van der Waals surface area (Å²) in [5.74, 6) is -0.334. The standard InChI is InChI=1S/C9H14N2O2/c1-6-7(5-10-11-6)8(12)13-9(2,3)4/h5H,1-4H3,(H,10,11). The van der Waals surface area contributed by atoms with Gasteiger partial charge in [-0.25, -0.2) is 4.79 Å². The molecule has 0 aliphatic rings. The molecule has 0 fully saturated rings. The molecule has 0 atom stereocenters. The van der Waals surface area contributed by atoms with Crippen LogP contribution in [0, 0.1) is 6.92 Å². The number of hydrogen-bond acceptors (Lipinski definition) is 3. The van der Waals surface area contributed by atoms with E-state index in [1.165, 1.54) is 6.20 Å². The summed E-state index contributed by atoms with van der Waals surface area (Å²) in [6.45, 7) is 7.28. The predicted molar refractivity (Wildman–Crippen MR) is 48.5 cm³/mol. The Balaban J connectivity index is 2.76. The zero-order chi connectivity index (χ0) is 10.1. The van der Waals surface area contributed by atoms with Crippen LogP contribution in [-0.4, -0.2) is 21.8 Å². The molecule has 0 aromatic carbocycles. The summed E-state index contributed by atoms with van der Waals surface area (Å²) in [5.41, 5.74) is 0.769. The maximum Gasteiger partial charge on any atom is 0.342 e. The highest BCUT2D eigenvalue weighted by molar-refractivity contribution is 5.90. The fourth-order valence-corrected chi connectivity index (χ4v) is 0.890. The molecular formula is C9H14N2O2. The van der Waals surface area contributed by atoms with Crippen molar-refractivity contribution in [1.29, 1.82) is 0 Å². The van der Waals surface area contributed by atoms with Crippen LogP contribution in [0.3, 0.4) is 0 Å². The van der Waals surface area contributed by atoms with Crippen molar-refractivity contribution in [2.24, 2.45) is 0 Å². The molecule has 0 amide bonds. The number of rotatable bonds is 1. The van der Waals surface area contributed by atoms with Gasteiger partial charge >= 0.3 is 5.97 Å². The van der Waals surface area contributed by atoms with E-state index in [1.54, 1.807) is 6.92 Å². The molecule has 0 aliphatic carbocycles. The highest BCUT2D eigenvalue weighted by atomic mass is 16.6. The zero-order valence-electron chi connectivity index (χ0n) is 8.34. The highest BCUT2D eigenvalue weighted by Gasteiger charge is 2.19. The highest BCUT2D eigenvalue weighted by Crippen LogP contribution is 2.12. The maximum absolute atomic E-state index is 11.5. The molecule has 13 heavy (non-hydrogen) atoms. The normalized spacial score (nSPS) is 11.4. The molecule has 0 saturated heterocycles. The third-order valence-electron chi connectivity index (χ3n) is 1.45. The number of aromatic amines is 1. The van der Waals surface area contributed by atoms with E-state index in [0.29, 0.717) is 5.56 Å². The molecule has 1 N–H and O–H groups in total. The van der Waals surface area contributed by atoms with Gasteiger partial charge in [0.2, 0.25) is 0 Å². The predicted octanol–water partition coefficient (Wildman–Crippen LogP) is 1.67. The number of carbonyl (C=O) groups excluding carboxylic acids is 1. The first-order valence-corrected chi connectivity index (χ1v) is 4.13. The summed E-state index contributed by atoms with van der Waals surface area (Å²) in [6, 6.07) is 0. The lowest BCUT2D eigenvalue weighted by atomic mass is 10.2. The van der Waals surface area contributed by atoms with Crippen LogP contribution in [0.5, 0.6) is 0 Å². The molecule has 0 spiro atoms. The first-order chi connectivity index (χ1) is 5.90. The first kappa shape index (κ1) is 9.77. The van der Waals surface area contributed by atoms with Crippen molar-refractivity contribution >= 4 is 5.97 Å². The number of carbonyl (C=O) groups is 1. The second kappa shape index (κ2) is 3.20. The Labute approximate surface area is 77.3 Å². The summed E-state index contributed by atoms with van der Waals surface area (Å²) in [7, 11) is 0. The van der Waals surface area contributed by atoms with Crippen molar-refractivity contribution in [3.05, 3.63) is 17.5 Å². The number of esters is 1. The van der Waals surface area contributed by atoms with Gasteiger partial charge in [0, 0.05) is 5.69 Å². The van der Waals surface area contributed by atoms with Crippen LogP contribution >= 0.6 is 0 Å². The Morgan fingerprint density at radius 2 is 2.15 bits per heavy atom. The van der Waals surface area contributed by atoms with Gasteiger partial charge in [0.15, 0.2) is 0 Å². The van der Waals surface area contributed by atoms with Crippen LogP contribution in [0.15, 0.2) is 6.20 Å². The molecular weight excluding hydrogens is 168 g/mol. The fraction of sp³-hybridized carbons (Fsp3) is 0.556. The van der Waals surface area contributed by atoms with E-state index >= 15 is 0 Å². The second-order valence-electron chi connectivity index (χ2n) is 3.91. The van der Waals surface area contributed by atoms with Crippen LogP contribution in [-0.2, 0) is 4.74 Å². The Bertz CT molecular complexity index is 310. The summed E-state index contributed by atoms with van der Waals surface area (Å²) in [4.78, 5) is 11.5. The first-order valence-electron chi connectivity index (χ1n) is 4.13. The van der Waals surface area contributed by atoms with Crippen molar-refractivity contribution in [3.8, 4) is 0 Å². The monoisotopic (exact) mass is 182 g/mol. The molecule has 0 aliphatic heterocycles. The van der Waals surface area contributed by atoms with Crippen LogP contribution in [0.4, 0.5) is 0 Å². The Kier molecular flexibility index (Phi) is 2.40. The van der Waals surface area contributed by atoms with Gasteiger partial charge in [-0.3, -0.25) is 5.10 Å². The summed E-state index contributed by atoms with van der Waals surface area (Å²) < 4.78 is 5.16. The largest absolute Gasteiger partial charge is 0.456 e. The molecule has 0 bridgehead atoms. The second-order valence-corrected chi connectivity index (χ2v) is 3.91. The van der Waals surface area contributed by atoms with Crippen molar-refractivity contribution in [2.75, 3.05) is 0 Å². The summed E-state index contributed by atoms with van der Waals surface area (Å²) >= 11 is 0. The molecule has 1 aromatic heterocycles. The number of hydrogen-bond donors (Lipinski definition) is 1. The smallest absolute Gasteiger partial charge is 0.342 e. The van der Waals surface area contributed by atoms with Gasteiger partial charge in [0.05, 0.1) is 6.20 Å². The molecule has 4 nitrogen and oxygen atoms in total. The number of H-pyrrole nitrogens is 1. The van der Waals surface area contributed by atoms with Gasteiger partial charge in [-0.05, 0) is 27.7 Å². The van der Waals surface area contributed by atoms with E-state index < -0.39 is 5.60 Å². The lowest BCUT2D eigenvalue weighted by Gasteiger charge is -2.18. The van der Waals surface area contributed by atoms with Crippen LogP contribution in [0.2, 0.25) is 0 Å². The van der Waals surface area contributed by atoms with Crippen molar-refractivity contribution in [1.82, 2.24) is 10.2 Å². The zero-order valence-corrected chi connectivity index (χ0v) is 8.34. The third-order valence-corrected chi connectivity index (χ3v) is 1.45. The third kappa shape index (κ3) is 2.57. The van der Waals surface area contributed by atoms with Gasteiger partial charge in [-0.15, -0.1) is 0 Å². The number of nitrogens with zero attached hydrogens (tertiary/aromatic N) is 1. The van der Waals surface area contributed by atoms with E-state index in [9.17, 15) is 4.79 Å². The van der Waals surface area contributed by atoms with E-state index in [-0.39, 0.29) is 5.97 Å². The Morgan fingerprint density at radius 1 is 1.54 bits per heavy atom. The van der Waals surface area contributed by atoms with E-state index in [2.05, 4.69) is 10.2 Å². The molecule has 1 heterocycles. The van der Waals surface area contributed by atoms with Gasteiger partial charge in [0.25, 0.3) is 0 Å². The Hall–Kier alpha value is -1.32. The topological polar surface area (TPSA) is 55.0 Å². The summed E-state index contributed by atoms with van der Waals surface area (Å²) in [6.07, 6.45) is 1.48. The van der Waals surface area contributed by atoms with E-state index in [1.807, 2.05) is 20.8 Å². The lowest BCUT2D eigenvalue weighted by Crippen LogP contribution is -2.24. The van der Waals surface area contributed by atoms with Crippen LogP contribution in [0.25, 0.3) is 0 Å². The summed E-state index contributed by atoms with van der Waals surface area (Å²) in [5, 5.41) is 6.43. The molecule has 72 valence electrons. The SMILES string of the molecule is Cc1[nH]ncc1C(=O)OC(C)(C)C. The lowest BCUT2D eigenvalue weighted by molar-refractivity contribution is 0.00689. The molecule has 4 heteroatoms. The molecule has 1 rings (SSSR count). The number of aromatic nitrogens is 2. The van der Waals surface area contributed by atoms with Crippen molar-refractivity contribution in [3.63, 3.8) is 0 Å². The van der Waals surface area contributed by atoms with Gasteiger partial charge < -0.3 is 4.74 Å². The number of aryl methyl sites for hydroxylation is 1. The van der Waals surface area contributed by atoms with Crippen LogP contribution < -0.4 is 0 Å². The van der Waals surface area contributed by atoms with Gasteiger partial charge in [0.1, 0.15) is 11.2 Å². The molecule has 0 radical (unpaired) electrons. The molecule has 1 aromatic rings. The van der Waals surface area contributed by atoms with E-state index in [4.69, 9.17) is 4.74 Å². The van der Waals surface area contributed by atoms with E-state index in [0.717, 1.165) is 5.69 Å².